The van der Waals surface area contributed by atoms with E-state index in [2.05, 4.69) is 11.9 Å². The molecule has 0 amide bonds. The van der Waals surface area contributed by atoms with E-state index >= 15 is 0 Å². The first kappa shape index (κ1) is 19.2. The van der Waals surface area contributed by atoms with E-state index in [0.29, 0.717) is 28.7 Å². The Bertz CT molecular complexity index is 1470. The molecule has 0 spiro atoms. The molecule has 0 radical (unpaired) electrons. The van der Waals surface area contributed by atoms with Gasteiger partial charge in [0.25, 0.3) is 5.56 Å². The maximum atomic E-state index is 13.5. The third-order valence-electron chi connectivity index (χ3n) is 5.84. The zero-order chi connectivity index (χ0) is 21.5. The van der Waals surface area contributed by atoms with E-state index in [1.807, 2.05) is 60.0 Å². The molecular formula is C24H23N5O2. The highest BCUT2D eigenvalue weighted by Gasteiger charge is 2.21. The van der Waals surface area contributed by atoms with Crippen molar-refractivity contribution < 1.29 is 4.74 Å². The van der Waals surface area contributed by atoms with Gasteiger partial charge in [-0.3, -0.25) is 9.36 Å². The molecule has 7 nitrogen and oxygen atoms in total. The second-order valence-electron chi connectivity index (χ2n) is 7.73. The minimum atomic E-state index is -0.0811. The van der Waals surface area contributed by atoms with Crippen LogP contribution in [0, 0.1) is 0 Å². The van der Waals surface area contributed by atoms with Gasteiger partial charge in [0.1, 0.15) is 23.0 Å². The van der Waals surface area contributed by atoms with Gasteiger partial charge in [-0.1, -0.05) is 31.2 Å². The second-order valence-corrected chi connectivity index (χ2v) is 7.73. The zero-order valence-electron chi connectivity index (χ0n) is 17.7. The average molecular weight is 413 g/mol. The Balaban J connectivity index is 1.82. The summed E-state index contributed by atoms with van der Waals surface area (Å²) in [7, 11) is 1.65. The van der Waals surface area contributed by atoms with E-state index in [1.54, 1.807) is 18.0 Å². The zero-order valence-corrected chi connectivity index (χ0v) is 17.7. The number of ether oxygens (including phenoxy) is 1. The van der Waals surface area contributed by atoms with Crippen LogP contribution in [-0.2, 0) is 6.54 Å². The second kappa shape index (κ2) is 7.50. The molecule has 0 fully saturated rings. The van der Waals surface area contributed by atoms with Gasteiger partial charge in [0.05, 0.1) is 24.7 Å². The van der Waals surface area contributed by atoms with Crippen molar-refractivity contribution in [1.29, 1.82) is 0 Å². The molecule has 0 N–H and O–H groups in total. The van der Waals surface area contributed by atoms with E-state index in [0.717, 1.165) is 28.8 Å². The fourth-order valence-electron chi connectivity index (χ4n) is 3.89. The van der Waals surface area contributed by atoms with Gasteiger partial charge in [0.2, 0.25) is 0 Å². The fourth-order valence-corrected chi connectivity index (χ4v) is 3.89. The van der Waals surface area contributed by atoms with E-state index < -0.39 is 0 Å². The number of methoxy groups -OCH3 is 1. The smallest absolute Gasteiger partial charge is 0.265 e. The molecule has 5 rings (SSSR count). The molecule has 31 heavy (non-hydrogen) atoms. The molecule has 156 valence electrons. The van der Waals surface area contributed by atoms with Crippen molar-refractivity contribution >= 4 is 33.2 Å². The quantitative estimate of drug-likeness (QED) is 0.429. The summed E-state index contributed by atoms with van der Waals surface area (Å²) in [5.74, 6) is 0.798. The number of para-hydroxylation sites is 2. The van der Waals surface area contributed by atoms with Crippen LogP contribution in [-0.4, -0.2) is 31.2 Å². The highest BCUT2D eigenvalue weighted by molar-refractivity contribution is 6.04. The predicted molar refractivity (Wildman–Crippen MR) is 122 cm³/mol. The number of fused-ring (bicyclic) bond motifs is 4. The first-order chi connectivity index (χ1) is 15.1. The monoisotopic (exact) mass is 413 g/mol. The lowest BCUT2D eigenvalue weighted by Gasteiger charge is -2.12. The minimum Gasteiger partial charge on any atom is -0.497 e. The lowest BCUT2D eigenvalue weighted by Crippen LogP contribution is -2.23. The maximum Gasteiger partial charge on any atom is 0.265 e. The summed E-state index contributed by atoms with van der Waals surface area (Å²) in [5.41, 5.74) is 4.39. The van der Waals surface area contributed by atoms with Gasteiger partial charge in [-0.05, 0) is 43.2 Å². The van der Waals surface area contributed by atoms with Crippen LogP contribution in [0.25, 0.3) is 33.2 Å². The van der Waals surface area contributed by atoms with E-state index in [1.165, 1.54) is 0 Å². The Hall–Kier alpha value is -3.74. The maximum absolute atomic E-state index is 13.5. The third kappa shape index (κ3) is 3.13. The lowest BCUT2D eigenvalue weighted by atomic mass is 10.2. The highest BCUT2D eigenvalue weighted by Crippen LogP contribution is 2.26. The van der Waals surface area contributed by atoms with Gasteiger partial charge in [-0.2, -0.15) is 0 Å². The summed E-state index contributed by atoms with van der Waals surface area (Å²) < 4.78 is 8.94. The average Bonchev–Trinajstić information content (AvgIpc) is 3.11. The van der Waals surface area contributed by atoms with Crippen molar-refractivity contribution in [3.8, 4) is 5.75 Å². The van der Waals surface area contributed by atoms with Crippen LogP contribution in [0.4, 0.5) is 0 Å². The number of hydrogen-bond acceptors (Lipinski definition) is 5. The van der Waals surface area contributed by atoms with Crippen LogP contribution in [0.3, 0.4) is 0 Å². The molecule has 3 heterocycles. The Morgan fingerprint density at radius 1 is 1.00 bits per heavy atom. The van der Waals surface area contributed by atoms with Crippen LogP contribution >= 0.6 is 0 Å². The van der Waals surface area contributed by atoms with Crippen molar-refractivity contribution in [2.24, 2.45) is 0 Å². The summed E-state index contributed by atoms with van der Waals surface area (Å²) in [6, 6.07) is 15.6. The molecule has 1 atom stereocenters. The highest BCUT2D eigenvalue weighted by atomic mass is 16.5. The van der Waals surface area contributed by atoms with Crippen molar-refractivity contribution in [2.45, 2.75) is 32.9 Å². The topological polar surface area (TPSA) is 74.8 Å². The molecule has 0 saturated carbocycles. The van der Waals surface area contributed by atoms with Crippen LogP contribution in [0.15, 0.2) is 59.7 Å². The van der Waals surface area contributed by atoms with E-state index in [-0.39, 0.29) is 11.6 Å². The standard InChI is InChI=1S/C24H23N5O2/c1-4-15(2)29-14-25-22-20(24(29)30)21-23(27-19-8-6-5-7-18(19)26-21)28(22)13-16-9-11-17(31-3)12-10-16/h5-12,14-15H,4,13H2,1-3H3/t15-/m1/s1. The Kier molecular flexibility index (Phi) is 4.66. The molecule has 0 bridgehead atoms. The van der Waals surface area contributed by atoms with E-state index in [9.17, 15) is 4.79 Å². The third-order valence-corrected chi connectivity index (χ3v) is 5.84. The number of benzene rings is 2. The molecule has 2 aromatic carbocycles. The summed E-state index contributed by atoms with van der Waals surface area (Å²) >= 11 is 0. The molecule has 7 heteroatoms. The van der Waals surface area contributed by atoms with Crippen molar-refractivity contribution in [3.63, 3.8) is 0 Å². The molecule has 0 aliphatic heterocycles. The number of hydrogen-bond donors (Lipinski definition) is 0. The van der Waals surface area contributed by atoms with E-state index in [4.69, 9.17) is 14.7 Å². The molecule has 5 aromatic rings. The van der Waals surface area contributed by atoms with Gasteiger partial charge in [-0.25, -0.2) is 15.0 Å². The van der Waals surface area contributed by atoms with Gasteiger partial charge < -0.3 is 9.30 Å². The first-order valence-corrected chi connectivity index (χ1v) is 10.4. The van der Waals surface area contributed by atoms with Crippen LogP contribution in [0.2, 0.25) is 0 Å². The lowest BCUT2D eigenvalue weighted by molar-refractivity contribution is 0.414. The van der Waals surface area contributed by atoms with Crippen LogP contribution in [0.5, 0.6) is 5.75 Å². The molecule has 0 unspecified atom stereocenters. The summed E-state index contributed by atoms with van der Waals surface area (Å²) in [5, 5.41) is 0.518. The number of nitrogens with zero attached hydrogens (tertiary/aromatic N) is 5. The van der Waals surface area contributed by atoms with Gasteiger partial charge >= 0.3 is 0 Å². The van der Waals surface area contributed by atoms with Crippen molar-refractivity contribution in [1.82, 2.24) is 24.1 Å². The fraction of sp³-hybridized carbons (Fsp3) is 0.250. The van der Waals surface area contributed by atoms with Crippen LogP contribution < -0.4 is 10.3 Å². The number of aromatic nitrogens is 5. The molecule has 3 aromatic heterocycles. The Morgan fingerprint density at radius 2 is 1.71 bits per heavy atom. The van der Waals surface area contributed by atoms with Crippen molar-refractivity contribution in [3.05, 3.63) is 70.8 Å². The van der Waals surface area contributed by atoms with Crippen molar-refractivity contribution in [2.75, 3.05) is 7.11 Å². The van der Waals surface area contributed by atoms with Gasteiger partial charge in [0, 0.05) is 6.04 Å². The molecule has 0 aliphatic rings. The van der Waals surface area contributed by atoms with Gasteiger partial charge in [0.15, 0.2) is 11.3 Å². The minimum absolute atomic E-state index is 0.0535. The first-order valence-electron chi connectivity index (χ1n) is 10.4. The normalized spacial score (nSPS) is 12.6. The summed E-state index contributed by atoms with van der Waals surface area (Å²) in [6.07, 6.45) is 2.48. The predicted octanol–water partition coefficient (Wildman–Crippen LogP) is 4.32. The molecule has 0 saturated heterocycles. The Labute approximate surface area is 179 Å². The largest absolute Gasteiger partial charge is 0.497 e. The van der Waals surface area contributed by atoms with Crippen LogP contribution in [0.1, 0.15) is 31.9 Å². The number of rotatable bonds is 5. The summed E-state index contributed by atoms with van der Waals surface area (Å²) in [4.78, 5) is 27.8. The molecular weight excluding hydrogens is 390 g/mol. The summed E-state index contributed by atoms with van der Waals surface area (Å²) in [6.45, 7) is 4.60. The van der Waals surface area contributed by atoms with Gasteiger partial charge in [-0.15, -0.1) is 0 Å². The molecule has 0 aliphatic carbocycles. The Morgan fingerprint density at radius 3 is 2.39 bits per heavy atom. The SMILES string of the molecule is CC[C@@H](C)n1cnc2c(c1=O)c1nc3ccccc3nc1n2Cc1ccc(OC)cc1.